The van der Waals surface area contributed by atoms with Crippen molar-refractivity contribution >= 4 is 11.9 Å². The number of carbonyl (C=O) groups is 2. The second-order valence-corrected chi connectivity index (χ2v) is 5.38. The van der Waals surface area contributed by atoms with Crippen LogP contribution in [0.2, 0.25) is 0 Å². The molecule has 0 radical (unpaired) electrons. The van der Waals surface area contributed by atoms with E-state index in [4.69, 9.17) is 9.52 Å². The summed E-state index contributed by atoms with van der Waals surface area (Å²) in [6, 6.07) is 5.79. The Bertz CT molecular complexity index is 917. The lowest BCUT2D eigenvalue weighted by Gasteiger charge is -2.02. The maximum Gasteiger partial charge on any atom is 0.341 e. The Labute approximate surface area is 146 Å². The third-order valence-electron chi connectivity index (χ3n) is 3.58. The number of hydrogen-bond acceptors (Lipinski definition) is 6. The predicted octanol–water partition coefficient (Wildman–Crippen LogP) is 2.42. The topological polar surface area (TPSA) is 118 Å². The number of oxazole rings is 1. The van der Waals surface area contributed by atoms with Crippen LogP contribution >= 0.6 is 0 Å². The number of nitrogens with zero attached hydrogens (tertiary/aromatic N) is 2. The number of aryl methyl sites for hydroxylation is 1. The molecule has 8 nitrogen and oxygen atoms in total. The first-order valence-electron chi connectivity index (χ1n) is 7.67. The van der Waals surface area contributed by atoms with Gasteiger partial charge in [-0.3, -0.25) is 4.79 Å². The number of carbonyl (C=O) groups excluding carboxylic acids is 1. The first-order valence-corrected chi connectivity index (χ1v) is 7.67. The van der Waals surface area contributed by atoms with Crippen LogP contribution in [0.25, 0.3) is 11.3 Å². The molecule has 1 amide bonds. The fourth-order valence-corrected chi connectivity index (χ4v) is 2.23. The quantitative estimate of drug-likeness (QED) is 0.665. The van der Waals surface area contributed by atoms with Gasteiger partial charge in [0.2, 0.25) is 5.91 Å². The lowest BCUT2D eigenvalue weighted by molar-refractivity contribution is -0.121. The van der Waals surface area contributed by atoms with Crippen LogP contribution in [0.1, 0.15) is 28.4 Å². The SMILES string of the molecule is O=C(CCc1ncc(-c2ccc(F)cc2)o1)NCc1nocc1C(=O)O. The molecule has 1 aromatic carbocycles. The van der Waals surface area contributed by atoms with Crippen LogP contribution < -0.4 is 5.32 Å². The van der Waals surface area contributed by atoms with E-state index in [1.54, 1.807) is 12.1 Å². The second-order valence-electron chi connectivity index (χ2n) is 5.38. The zero-order valence-corrected chi connectivity index (χ0v) is 13.4. The van der Waals surface area contributed by atoms with Crippen molar-refractivity contribution in [1.29, 1.82) is 0 Å². The lowest BCUT2D eigenvalue weighted by atomic mass is 10.2. The van der Waals surface area contributed by atoms with E-state index in [2.05, 4.69) is 20.0 Å². The molecule has 0 unspecified atom stereocenters. The molecule has 0 aliphatic rings. The van der Waals surface area contributed by atoms with E-state index < -0.39 is 5.97 Å². The molecule has 0 aliphatic carbocycles. The number of halogens is 1. The van der Waals surface area contributed by atoms with Gasteiger partial charge < -0.3 is 19.4 Å². The zero-order chi connectivity index (χ0) is 18.5. The van der Waals surface area contributed by atoms with Gasteiger partial charge in [-0.15, -0.1) is 0 Å². The molecule has 0 saturated heterocycles. The Hall–Kier alpha value is -3.49. The molecular weight excluding hydrogens is 345 g/mol. The van der Waals surface area contributed by atoms with Crippen LogP contribution in [0.3, 0.4) is 0 Å². The molecule has 0 spiro atoms. The maximum absolute atomic E-state index is 12.9. The third-order valence-corrected chi connectivity index (χ3v) is 3.58. The molecule has 134 valence electrons. The van der Waals surface area contributed by atoms with E-state index in [0.29, 0.717) is 17.2 Å². The number of benzene rings is 1. The van der Waals surface area contributed by atoms with E-state index in [0.717, 1.165) is 6.26 Å². The molecule has 0 bridgehead atoms. The Morgan fingerprint density at radius 2 is 2.00 bits per heavy atom. The molecule has 0 atom stereocenters. The van der Waals surface area contributed by atoms with Gasteiger partial charge in [0.15, 0.2) is 11.7 Å². The first kappa shape index (κ1) is 17.3. The standard InChI is InChI=1S/C17H14FN3O5/c18-11-3-1-10(2-4-11)14-8-20-16(26-14)6-5-15(22)19-7-13-12(17(23)24)9-25-21-13/h1-4,8-9H,5-7H2,(H,19,22)(H,23,24). The number of hydrogen-bond donors (Lipinski definition) is 2. The number of nitrogens with one attached hydrogen (secondary N) is 1. The first-order chi connectivity index (χ1) is 12.5. The number of rotatable bonds is 7. The molecule has 0 aliphatic heterocycles. The van der Waals surface area contributed by atoms with Crippen molar-refractivity contribution in [3.63, 3.8) is 0 Å². The molecule has 3 aromatic rings. The molecule has 0 saturated carbocycles. The van der Waals surface area contributed by atoms with Crippen LogP contribution in [0.15, 0.2) is 45.7 Å². The molecule has 0 fully saturated rings. The van der Waals surface area contributed by atoms with E-state index in [1.807, 2.05) is 0 Å². The molecule has 2 aromatic heterocycles. The van der Waals surface area contributed by atoms with E-state index >= 15 is 0 Å². The number of carboxylic acid groups (broad SMARTS) is 1. The molecule has 3 rings (SSSR count). The average Bonchev–Trinajstić information content (AvgIpc) is 3.28. The summed E-state index contributed by atoms with van der Waals surface area (Å²) in [5.74, 6) is -0.987. The van der Waals surface area contributed by atoms with E-state index in [9.17, 15) is 14.0 Å². The van der Waals surface area contributed by atoms with Gasteiger partial charge in [-0.05, 0) is 24.3 Å². The average molecular weight is 359 g/mol. The summed E-state index contributed by atoms with van der Waals surface area (Å²) in [6.07, 6.45) is 2.88. The van der Waals surface area contributed by atoms with Crippen molar-refractivity contribution in [2.75, 3.05) is 0 Å². The normalized spacial score (nSPS) is 10.7. The minimum atomic E-state index is -1.18. The highest BCUT2D eigenvalue weighted by atomic mass is 19.1. The van der Waals surface area contributed by atoms with Crippen LogP contribution in [0.4, 0.5) is 4.39 Å². The van der Waals surface area contributed by atoms with Crippen molar-refractivity contribution in [3.8, 4) is 11.3 Å². The Balaban J connectivity index is 1.51. The molecule has 9 heteroatoms. The number of amides is 1. The number of aromatic carboxylic acids is 1. The van der Waals surface area contributed by atoms with Gasteiger partial charge in [-0.2, -0.15) is 0 Å². The van der Waals surface area contributed by atoms with Crippen LogP contribution in [-0.4, -0.2) is 27.1 Å². The van der Waals surface area contributed by atoms with Crippen molar-refractivity contribution in [2.24, 2.45) is 0 Å². The summed E-state index contributed by atoms with van der Waals surface area (Å²) in [5, 5.41) is 15.0. The largest absolute Gasteiger partial charge is 0.478 e. The Morgan fingerprint density at radius 3 is 2.73 bits per heavy atom. The lowest BCUT2D eigenvalue weighted by Crippen LogP contribution is -2.24. The van der Waals surface area contributed by atoms with E-state index in [1.165, 1.54) is 18.3 Å². The highest BCUT2D eigenvalue weighted by Gasteiger charge is 2.15. The van der Waals surface area contributed by atoms with Crippen LogP contribution in [-0.2, 0) is 17.8 Å². The van der Waals surface area contributed by atoms with Gasteiger partial charge in [0, 0.05) is 18.4 Å². The monoisotopic (exact) mass is 359 g/mol. The van der Waals surface area contributed by atoms with Gasteiger partial charge in [-0.25, -0.2) is 14.2 Å². The maximum atomic E-state index is 12.9. The number of carboxylic acids is 1. The zero-order valence-electron chi connectivity index (χ0n) is 13.4. The predicted molar refractivity (Wildman–Crippen MR) is 85.5 cm³/mol. The highest BCUT2D eigenvalue weighted by molar-refractivity contribution is 5.88. The van der Waals surface area contributed by atoms with Gasteiger partial charge >= 0.3 is 5.97 Å². The highest BCUT2D eigenvalue weighted by Crippen LogP contribution is 2.21. The fourth-order valence-electron chi connectivity index (χ4n) is 2.23. The van der Waals surface area contributed by atoms with Gasteiger partial charge in [0.25, 0.3) is 0 Å². The molecular formula is C17H14FN3O5. The summed E-state index contributed by atoms with van der Waals surface area (Å²) < 4.78 is 23.1. The van der Waals surface area contributed by atoms with Crippen molar-refractivity contribution in [1.82, 2.24) is 15.5 Å². The minimum absolute atomic E-state index is 0.0522. The summed E-state index contributed by atoms with van der Waals surface area (Å²) in [6.45, 7) is -0.0522. The third kappa shape index (κ3) is 4.12. The van der Waals surface area contributed by atoms with Gasteiger partial charge in [0.05, 0.1) is 12.7 Å². The van der Waals surface area contributed by atoms with Crippen molar-refractivity contribution < 1.29 is 28.0 Å². The minimum Gasteiger partial charge on any atom is -0.478 e. The molecule has 2 heterocycles. The summed E-state index contributed by atoms with van der Waals surface area (Å²) >= 11 is 0. The summed E-state index contributed by atoms with van der Waals surface area (Å²) in [5.41, 5.74) is 0.726. The Kier molecular flexibility index (Phi) is 5.07. The smallest absolute Gasteiger partial charge is 0.341 e. The van der Waals surface area contributed by atoms with Gasteiger partial charge in [-0.1, -0.05) is 5.16 Å². The summed E-state index contributed by atoms with van der Waals surface area (Å²) in [4.78, 5) is 26.9. The van der Waals surface area contributed by atoms with Gasteiger partial charge in [0.1, 0.15) is 23.3 Å². The van der Waals surface area contributed by atoms with Crippen molar-refractivity contribution in [3.05, 3.63) is 59.7 Å². The fraction of sp³-hybridized carbons (Fsp3) is 0.176. The summed E-state index contributed by atoms with van der Waals surface area (Å²) in [7, 11) is 0. The second kappa shape index (κ2) is 7.60. The van der Waals surface area contributed by atoms with Crippen LogP contribution in [0, 0.1) is 5.82 Å². The number of aromatic nitrogens is 2. The Morgan fingerprint density at radius 1 is 1.23 bits per heavy atom. The molecule has 26 heavy (non-hydrogen) atoms. The molecule has 2 N–H and O–H groups in total. The van der Waals surface area contributed by atoms with Crippen LogP contribution in [0.5, 0.6) is 0 Å². The van der Waals surface area contributed by atoms with Crippen molar-refractivity contribution in [2.45, 2.75) is 19.4 Å². The van der Waals surface area contributed by atoms with E-state index in [-0.39, 0.29) is 42.4 Å².